The number of ether oxygens (including phenoxy) is 1. The van der Waals surface area contributed by atoms with Crippen molar-refractivity contribution in [2.45, 2.75) is 51.7 Å². The van der Waals surface area contributed by atoms with Crippen LogP contribution in [0.25, 0.3) is 0 Å². The molecule has 1 fully saturated rings. The third kappa shape index (κ3) is 5.33. The average Bonchev–Trinajstić information content (AvgIpc) is 2.90. The van der Waals surface area contributed by atoms with Crippen LogP contribution >= 0.6 is 11.3 Å². The summed E-state index contributed by atoms with van der Waals surface area (Å²) in [5.74, 6) is 0.0539. The van der Waals surface area contributed by atoms with Gasteiger partial charge in [-0.2, -0.15) is 0 Å². The molecule has 0 aliphatic carbocycles. The molecule has 1 saturated heterocycles. The Labute approximate surface area is 135 Å². The number of piperidine rings is 1. The van der Waals surface area contributed by atoms with E-state index in [9.17, 15) is 9.59 Å². The van der Waals surface area contributed by atoms with Gasteiger partial charge in [-0.1, -0.05) is 6.07 Å². The number of nitrogens with one attached hydrogen (secondary N) is 1. The van der Waals surface area contributed by atoms with Gasteiger partial charge in [0.05, 0.1) is 6.42 Å². The highest BCUT2D eigenvalue weighted by Gasteiger charge is 2.27. The molecule has 0 saturated carbocycles. The van der Waals surface area contributed by atoms with E-state index in [1.54, 1.807) is 16.2 Å². The molecule has 5 nitrogen and oxygen atoms in total. The molecule has 6 heteroatoms. The highest BCUT2D eigenvalue weighted by molar-refractivity contribution is 7.10. The van der Waals surface area contributed by atoms with E-state index in [0.717, 1.165) is 17.7 Å². The number of carbonyl (C=O) groups is 2. The van der Waals surface area contributed by atoms with E-state index in [-0.39, 0.29) is 18.0 Å². The smallest absolute Gasteiger partial charge is 0.410 e. The molecule has 0 unspecified atom stereocenters. The number of nitrogens with zero attached hydrogens (tertiary/aromatic N) is 1. The molecule has 1 aliphatic rings. The van der Waals surface area contributed by atoms with Crippen LogP contribution in [0.2, 0.25) is 0 Å². The summed E-state index contributed by atoms with van der Waals surface area (Å²) in [7, 11) is 0. The molecule has 1 aliphatic heterocycles. The van der Waals surface area contributed by atoms with Gasteiger partial charge in [0.2, 0.25) is 5.91 Å². The lowest BCUT2D eigenvalue weighted by atomic mass is 10.1. The quantitative estimate of drug-likeness (QED) is 0.930. The van der Waals surface area contributed by atoms with E-state index in [1.807, 2.05) is 38.3 Å². The van der Waals surface area contributed by atoms with Crippen LogP contribution in [-0.4, -0.2) is 41.6 Å². The van der Waals surface area contributed by atoms with Crippen LogP contribution in [0.5, 0.6) is 0 Å². The average molecular weight is 324 g/mol. The Bertz CT molecular complexity index is 500. The summed E-state index contributed by atoms with van der Waals surface area (Å²) in [6, 6.07) is 4.06. The first kappa shape index (κ1) is 16.8. The number of carbonyl (C=O) groups excluding carboxylic acids is 2. The topological polar surface area (TPSA) is 58.6 Å². The summed E-state index contributed by atoms with van der Waals surface area (Å²) in [4.78, 5) is 26.7. The molecule has 1 aromatic heterocycles. The van der Waals surface area contributed by atoms with Gasteiger partial charge in [-0.25, -0.2) is 4.79 Å². The summed E-state index contributed by atoms with van der Waals surface area (Å²) < 4.78 is 5.36. The van der Waals surface area contributed by atoms with Crippen molar-refractivity contribution in [3.05, 3.63) is 22.4 Å². The molecule has 2 rings (SSSR count). The van der Waals surface area contributed by atoms with Crippen molar-refractivity contribution in [3.8, 4) is 0 Å². The molecule has 122 valence electrons. The maximum atomic E-state index is 12.0. The van der Waals surface area contributed by atoms with Crippen molar-refractivity contribution >= 4 is 23.3 Å². The van der Waals surface area contributed by atoms with Crippen LogP contribution in [0.3, 0.4) is 0 Å². The summed E-state index contributed by atoms with van der Waals surface area (Å²) in [5.41, 5.74) is -0.469. The minimum atomic E-state index is -0.469. The number of likely N-dealkylation sites (tertiary alicyclic amines) is 1. The van der Waals surface area contributed by atoms with Crippen LogP contribution < -0.4 is 5.32 Å². The highest BCUT2D eigenvalue weighted by Crippen LogP contribution is 2.16. The zero-order valence-electron chi connectivity index (χ0n) is 13.4. The number of hydrogen-bond donors (Lipinski definition) is 1. The van der Waals surface area contributed by atoms with Gasteiger partial charge >= 0.3 is 6.09 Å². The predicted octanol–water partition coefficient (Wildman–Crippen LogP) is 2.81. The van der Waals surface area contributed by atoms with E-state index in [4.69, 9.17) is 4.74 Å². The normalized spacial score (nSPS) is 16.4. The number of rotatable bonds is 3. The molecule has 1 aromatic rings. The standard InChI is InChI=1S/C16H24N2O3S/c1-16(2,3)21-15(20)18-8-6-12(7-9-18)17-14(19)11-13-5-4-10-22-13/h4-5,10,12H,6-9,11H2,1-3H3,(H,17,19). The number of thiophene rings is 1. The molecular formula is C16H24N2O3S. The Hall–Kier alpha value is -1.56. The van der Waals surface area contributed by atoms with Gasteiger partial charge in [0.25, 0.3) is 0 Å². The minimum absolute atomic E-state index is 0.0539. The van der Waals surface area contributed by atoms with Gasteiger partial charge in [-0.05, 0) is 45.1 Å². The van der Waals surface area contributed by atoms with Crippen molar-refractivity contribution in [1.29, 1.82) is 0 Å². The van der Waals surface area contributed by atoms with Crippen molar-refractivity contribution in [2.24, 2.45) is 0 Å². The second-order valence-corrected chi connectivity index (χ2v) is 7.60. The lowest BCUT2D eigenvalue weighted by Gasteiger charge is -2.33. The van der Waals surface area contributed by atoms with E-state index in [2.05, 4.69) is 5.32 Å². The van der Waals surface area contributed by atoms with Gasteiger partial charge in [-0.3, -0.25) is 4.79 Å². The van der Waals surface area contributed by atoms with E-state index in [0.29, 0.717) is 19.5 Å². The zero-order valence-corrected chi connectivity index (χ0v) is 14.2. The summed E-state index contributed by atoms with van der Waals surface area (Å²) in [5, 5.41) is 5.03. The Balaban J connectivity index is 1.73. The SMILES string of the molecule is CC(C)(C)OC(=O)N1CCC(NC(=O)Cc2cccs2)CC1. The van der Waals surface area contributed by atoms with Gasteiger partial charge in [0, 0.05) is 24.0 Å². The maximum absolute atomic E-state index is 12.0. The van der Waals surface area contributed by atoms with E-state index < -0.39 is 5.60 Å². The van der Waals surface area contributed by atoms with Gasteiger partial charge in [0.15, 0.2) is 0 Å². The largest absolute Gasteiger partial charge is 0.444 e. The molecule has 0 radical (unpaired) electrons. The summed E-state index contributed by atoms with van der Waals surface area (Å²) in [6.45, 7) is 6.84. The van der Waals surface area contributed by atoms with E-state index in [1.165, 1.54) is 0 Å². The first-order valence-electron chi connectivity index (χ1n) is 7.63. The lowest BCUT2D eigenvalue weighted by molar-refractivity contribution is -0.121. The van der Waals surface area contributed by atoms with Crippen LogP contribution in [-0.2, 0) is 16.0 Å². The first-order chi connectivity index (χ1) is 10.3. The van der Waals surface area contributed by atoms with Crippen molar-refractivity contribution < 1.29 is 14.3 Å². The highest BCUT2D eigenvalue weighted by atomic mass is 32.1. The third-order valence-corrected chi connectivity index (χ3v) is 4.30. The molecule has 0 bridgehead atoms. The summed E-state index contributed by atoms with van der Waals surface area (Å²) >= 11 is 1.59. The molecule has 0 spiro atoms. The van der Waals surface area contributed by atoms with Gasteiger partial charge < -0.3 is 15.0 Å². The fourth-order valence-electron chi connectivity index (χ4n) is 2.38. The second kappa shape index (κ2) is 7.13. The lowest BCUT2D eigenvalue weighted by Crippen LogP contribution is -2.48. The van der Waals surface area contributed by atoms with Crippen LogP contribution in [0.4, 0.5) is 4.79 Å². The maximum Gasteiger partial charge on any atom is 0.410 e. The van der Waals surface area contributed by atoms with E-state index >= 15 is 0 Å². The number of amides is 2. The zero-order chi connectivity index (χ0) is 16.2. The first-order valence-corrected chi connectivity index (χ1v) is 8.51. The van der Waals surface area contributed by atoms with Crippen LogP contribution in [0, 0.1) is 0 Å². The second-order valence-electron chi connectivity index (χ2n) is 6.57. The molecular weight excluding hydrogens is 300 g/mol. The Morgan fingerprint density at radius 1 is 1.36 bits per heavy atom. The predicted molar refractivity (Wildman–Crippen MR) is 87.0 cm³/mol. The molecule has 2 heterocycles. The van der Waals surface area contributed by atoms with Crippen molar-refractivity contribution in [3.63, 3.8) is 0 Å². The molecule has 0 aromatic carbocycles. The molecule has 2 amide bonds. The van der Waals surface area contributed by atoms with Crippen LogP contribution in [0.15, 0.2) is 17.5 Å². The molecule has 0 atom stereocenters. The van der Waals surface area contributed by atoms with Crippen molar-refractivity contribution in [1.82, 2.24) is 10.2 Å². The fraction of sp³-hybridized carbons (Fsp3) is 0.625. The third-order valence-electron chi connectivity index (χ3n) is 3.43. The van der Waals surface area contributed by atoms with Crippen LogP contribution in [0.1, 0.15) is 38.5 Å². The fourth-order valence-corrected chi connectivity index (χ4v) is 3.09. The summed E-state index contributed by atoms with van der Waals surface area (Å²) in [6.07, 6.45) is 1.71. The molecule has 1 N–H and O–H groups in total. The Kier molecular flexibility index (Phi) is 5.45. The minimum Gasteiger partial charge on any atom is -0.444 e. The van der Waals surface area contributed by atoms with Gasteiger partial charge in [0.1, 0.15) is 5.60 Å². The monoisotopic (exact) mass is 324 g/mol. The van der Waals surface area contributed by atoms with Gasteiger partial charge in [-0.15, -0.1) is 11.3 Å². The Morgan fingerprint density at radius 3 is 2.59 bits per heavy atom. The van der Waals surface area contributed by atoms with Crippen molar-refractivity contribution in [2.75, 3.05) is 13.1 Å². The number of hydrogen-bond acceptors (Lipinski definition) is 4. The Morgan fingerprint density at radius 2 is 2.05 bits per heavy atom. The molecule has 22 heavy (non-hydrogen) atoms.